The van der Waals surface area contributed by atoms with Crippen molar-refractivity contribution in [1.82, 2.24) is 19.8 Å². The van der Waals surface area contributed by atoms with E-state index in [0.717, 1.165) is 21.7 Å². The van der Waals surface area contributed by atoms with Crippen LogP contribution in [0.25, 0.3) is 39.7 Å². The molecule has 0 aliphatic heterocycles. The van der Waals surface area contributed by atoms with Crippen molar-refractivity contribution in [2.75, 3.05) is 0 Å². The first kappa shape index (κ1) is 13.3. The summed E-state index contributed by atoms with van der Waals surface area (Å²) in [5.41, 5.74) is 0.817. The van der Waals surface area contributed by atoms with Crippen molar-refractivity contribution in [1.29, 1.82) is 0 Å². The minimum atomic E-state index is 0.593. The van der Waals surface area contributed by atoms with Crippen molar-refractivity contribution >= 4 is 39.4 Å². The standard InChI is InChI=1S/C17H10N4O2S/c1-2-6-13-11(4-1)10-14(23-13)16-18-19-17-21(16)20-15(24-17)8-7-12-5-3-9-22-12/h1-10H/b8-7-. The zero-order valence-corrected chi connectivity index (χ0v) is 13.1. The van der Waals surface area contributed by atoms with Crippen LogP contribution in [0.5, 0.6) is 0 Å². The number of furan rings is 2. The summed E-state index contributed by atoms with van der Waals surface area (Å²) in [6, 6.07) is 13.5. The number of nitrogens with zero attached hydrogens (tertiary/aromatic N) is 4. The zero-order valence-electron chi connectivity index (χ0n) is 12.3. The van der Waals surface area contributed by atoms with Crippen molar-refractivity contribution < 1.29 is 8.83 Å². The molecule has 0 saturated heterocycles. The summed E-state index contributed by atoms with van der Waals surface area (Å²) in [5.74, 6) is 2.02. The third-order valence-electron chi connectivity index (χ3n) is 3.59. The van der Waals surface area contributed by atoms with Gasteiger partial charge in [0.25, 0.3) is 0 Å². The van der Waals surface area contributed by atoms with Crippen molar-refractivity contribution in [3.05, 3.63) is 59.5 Å². The molecule has 7 heteroatoms. The topological polar surface area (TPSA) is 69.4 Å². The molecule has 5 aromatic rings. The molecule has 1 aromatic carbocycles. The SMILES string of the molecule is C(=C/c1nn2c(-c3cc4ccccc4o3)nnc2s1)/c1ccco1. The summed E-state index contributed by atoms with van der Waals surface area (Å²) in [7, 11) is 0. The van der Waals surface area contributed by atoms with E-state index in [9.17, 15) is 0 Å². The third-order valence-corrected chi connectivity index (χ3v) is 4.45. The van der Waals surface area contributed by atoms with Crippen LogP contribution in [0.1, 0.15) is 10.8 Å². The molecule has 0 aliphatic rings. The van der Waals surface area contributed by atoms with E-state index in [4.69, 9.17) is 8.83 Å². The molecule has 0 aliphatic carbocycles. The minimum Gasteiger partial charge on any atom is -0.465 e. The molecule has 0 bridgehead atoms. The van der Waals surface area contributed by atoms with Gasteiger partial charge < -0.3 is 8.83 Å². The molecule has 0 unspecified atom stereocenters. The largest absolute Gasteiger partial charge is 0.465 e. The van der Waals surface area contributed by atoms with E-state index in [1.165, 1.54) is 11.3 Å². The summed E-state index contributed by atoms with van der Waals surface area (Å²) in [4.78, 5) is 0.713. The van der Waals surface area contributed by atoms with E-state index in [1.807, 2.05) is 54.6 Å². The number of para-hydroxylation sites is 1. The number of rotatable bonds is 3. The number of fused-ring (bicyclic) bond motifs is 2. The Labute approximate surface area is 139 Å². The summed E-state index contributed by atoms with van der Waals surface area (Å²) in [6.45, 7) is 0. The van der Waals surface area contributed by atoms with E-state index in [0.29, 0.717) is 16.5 Å². The molecule has 4 heterocycles. The highest BCUT2D eigenvalue weighted by Crippen LogP contribution is 2.28. The first-order chi connectivity index (χ1) is 11.9. The fraction of sp³-hybridized carbons (Fsp3) is 0. The maximum absolute atomic E-state index is 5.86. The highest BCUT2D eigenvalue weighted by Gasteiger charge is 2.16. The van der Waals surface area contributed by atoms with Gasteiger partial charge in [-0.3, -0.25) is 0 Å². The fourth-order valence-corrected chi connectivity index (χ4v) is 3.23. The number of hydrogen-bond acceptors (Lipinski definition) is 6. The average Bonchev–Trinajstić information content (AvgIpc) is 3.34. The zero-order chi connectivity index (χ0) is 15.9. The van der Waals surface area contributed by atoms with Crippen molar-refractivity contribution in [3.63, 3.8) is 0 Å². The normalized spacial score (nSPS) is 12.0. The van der Waals surface area contributed by atoms with Gasteiger partial charge in [-0.2, -0.15) is 9.61 Å². The molecular formula is C17H10N4O2S. The molecule has 116 valence electrons. The van der Waals surface area contributed by atoms with Gasteiger partial charge in [-0.05, 0) is 36.4 Å². The fourth-order valence-electron chi connectivity index (χ4n) is 2.48. The molecule has 6 nitrogen and oxygen atoms in total. The highest BCUT2D eigenvalue weighted by atomic mass is 32.1. The molecule has 0 radical (unpaired) electrons. The van der Waals surface area contributed by atoms with Gasteiger partial charge in [0.15, 0.2) is 5.76 Å². The van der Waals surface area contributed by atoms with Crippen LogP contribution in [0.2, 0.25) is 0 Å². The lowest BCUT2D eigenvalue weighted by Gasteiger charge is -1.89. The van der Waals surface area contributed by atoms with Gasteiger partial charge in [-0.25, -0.2) is 0 Å². The Balaban J connectivity index is 1.57. The predicted octanol–water partition coefficient (Wildman–Crippen LogP) is 4.36. The van der Waals surface area contributed by atoms with E-state index in [1.54, 1.807) is 10.8 Å². The quantitative estimate of drug-likeness (QED) is 0.490. The molecule has 0 saturated carbocycles. The van der Waals surface area contributed by atoms with Crippen LogP contribution in [0.4, 0.5) is 0 Å². The predicted molar refractivity (Wildman–Crippen MR) is 91.5 cm³/mol. The summed E-state index contributed by atoms with van der Waals surface area (Å²) >= 11 is 1.45. The number of hydrogen-bond donors (Lipinski definition) is 0. The Morgan fingerprint density at radius 3 is 2.88 bits per heavy atom. The second-order valence-corrected chi connectivity index (χ2v) is 6.14. The van der Waals surface area contributed by atoms with Crippen LogP contribution in [0, 0.1) is 0 Å². The Hall–Kier alpha value is -3.19. The van der Waals surface area contributed by atoms with Crippen LogP contribution < -0.4 is 0 Å². The van der Waals surface area contributed by atoms with Gasteiger partial charge in [0, 0.05) is 5.39 Å². The van der Waals surface area contributed by atoms with Crippen molar-refractivity contribution in [3.8, 4) is 11.6 Å². The first-order valence-corrected chi connectivity index (χ1v) is 8.11. The molecule has 24 heavy (non-hydrogen) atoms. The summed E-state index contributed by atoms with van der Waals surface area (Å²) < 4.78 is 12.8. The van der Waals surface area contributed by atoms with Crippen LogP contribution in [0.3, 0.4) is 0 Å². The van der Waals surface area contributed by atoms with Gasteiger partial charge in [-0.15, -0.1) is 10.2 Å². The Morgan fingerprint density at radius 2 is 2.00 bits per heavy atom. The lowest BCUT2D eigenvalue weighted by Crippen LogP contribution is -1.89. The maximum atomic E-state index is 5.86. The minimum absolute atomic E-state index is 0.593. The average molecular weight is 334 g/mol. The second-order valence-electron chi connectivity index (χ2n) is 5.16. The van der Waals surface area contributed by atoms with Crippen LogP contribution in [0.15, 0.2) is 57.6 Å². The van der Waals surface area contributed by atoms with E-state index in [2.05, 4.69) is 15.3 Å². The maximum Gasteiger partial charge on any atom is 0.235 e. The van der Waals surface area contributed by atoms with Crippen molar-refractivity contribution in [2.45, 2.75) is 0 Å². The van der Waals surface area contributed by atoms with Gasteiger partial charge in [0.05, 0.1) is 6.26 Å². The van der Waals surface area contributed by atoms with E-state index >= 15 is 0 Å². The second kappa shape index (κ2) is 5.17. The highest BCUT2D eigenvalue weighted by molar-refractivity contribution is 7.17. The Morgan fingerprint density at radius 1 is 1.04 bits per heavy atom. The third kappa shape index (κ3) is 2.14. The van der Waals surface area contributed by atoms with E-state index in [-0.39, 0.29) is 0 Å². The number of benzene rings is 1. The molecule has 0 atom stereocenters. The molecular weight excluding hydrogens is 324 g/mol. The molecule has 5 rings (SSSR count). The smallest absolute Gasteiger partial charge is 0.235 e. The van der Waals surface area contributed by atoms with Crippen LogP contribution >= 0.6 is 11.3 Å². The molecule has 0 N–H and O–H groups in total. The molecule has 0 fully saturated rings. The lowest BCUT2D eigenvalue weighted by atomic mass is 10.2. The first-order valence-electron chi connectivity index (χ1n) is 7.30. The van der Waals surface area contributed by atoms with Gasteiger partial charge >= 0.3 is 0 Å². The van der Waals surface area contributed by atoms with Crippen LogP contribution in [-0.4, -0.2) is 19.8 Å². The Kier molecular flexibility index (Phi) is 2.86. The molecule has 4 aromatic heterocycles. The van der Waals surface area contributed by atoms with Gasteiger partial charge in [-0.1, -0.05) is 29.5 Å². The number of aromatic nitrogens is 4. The molecule has 0 spiro atoms. The molecule has 0 amide bonds. The van der Waals surface area contributed by atoms with Crippen molar-refractivity contribution in [2.24, 2.45) is 0 Å². The Bertz CT molecular complexity index is 1130. The van der Waals surface area contributed by atoms with E-state index < -0.39 is 0 Å². The van der Waals surface area contributed by atoms with Crippen LogP contribution in [-0.2, 0) is 0 Å². The summed E-state index contributed by atoms with van der Waals surface area (Å²) in [6.07, 6.45) is 5.39. The lowest BCUT2D eigenvalue weighted by molar-refractivity contribution is 0.557. The summed E-state index contributed by atoms with van der Waals surface area (Å²) in [5, 5.41) is 14.8. The van der Waals surface area contributed by atoms with Gasteiger partial charge in [0.1, 0.15) is 16.4 Å². The monoisotopic (exact) mass is 334 g/mol. The van der Waals surface area contributed by atoms with Gasteiger partial charge in [0.2, 0.25) is 10.8 Å².